The number of hydrogen-bond acceptors (Lipinski definition) is 2. The molecule has 1 aliphatic rings. The zero-order valence-corrected chi connectivity index (χ0v) is 14.2. The Labute approximate surface area is 134 Å². The summed E-state index contributed by atoms with van der Waals surface area (Å²) in [4.78, 5) is 0.0968. The molecule has 0 spiro atoms. The summed E-state index contributed by atoms with van der Waals surface area (Å²) in [5.41, 5.74) is 0.461. The summed E-state index contributed by atoms with van der Waals surface area (Å²) in [5, 5.41) is 0.520. The third kappa shape index (κ3) is 2.81. The summed E-state index contributed by atoms with van der Waals surface area (Å²) < 4.78 is 27.1. The molecule has 0 saturated carbocycles. The highest BCUT2D eigenvalue weighted by molar-refractivity contribution is 7.89. The van der Waals surface area contributed by atoms with Crippen molar-refractivity contribution in [3.63, 3.8) is 0 Å². The Morgan fingerprint density at radius 3 is 2.65 bits per heavy atom. The first-order valence-electron chi connectivity index (χ1n) is 6.48. The molecular weight excluding hydrogens is 341 g/mol. The van der Waals surface area contributed by atoms with Crippen molar-refractivity contribution in [2.24, 2.45) is 0 Å². The Balaban J connectivity index is 2.50. The van der Waals surface area contributed by atoms with Crippen molar-refractivity contribution in [1.82, 2.24) is 4.31 Å². The van der Waals surface area contributed by atoms with E-state index in [4.69, 9.17) is 34.8 Å². The predicted molar refractivity (Wildman–Crippen MR) is 83.2 cm³/mol. The van der Waals surface area contributed by atoms with Crippen LogP contribution in [0.5, 0.6) is 0 Å². The first-order valence-corrected chi connectivity index (χ1v) is 9.21. The van der Waals surface area contributed by atoms with Gasteiger partial charge in [-0.15, -0.1) is 11.6 Å². The van der Waals surface area contributed by atoms with Gasteiger partial charge in [0.15, 0.2) is 0 Å². The van der Waals surface area contributed by atoms with Crippen LogP contribution in [0.2, 0.25) is 10.0 Å². The van der Waals surface area contributed by atoms with E-state index in [1.165, 1.54) is 12.1 Å². The van der Waals surface area contributed by atoms with Crippen LogP contribution in [0.4, 0.5) is 0 Å². The fourth-order valence-corrected chi connectivity index (χ4v) is 5.63. The molecule has 0 N–H and O–H groups in total. The topological polar surface area (TPSA) is 37.4 Å². The monoisotopic (exact) mass is 355 g/mol. The zero-order chi connectivity index (χ0) is 14.9. The minimum Gasteiger partial charge on any atom is -0.207 e. The molecule has 1 saturated heterocycles. The lowest BCUT2D eigenvalue weighted by molar-refractivity contribution is 0.379. The molecule has 0 radical (unpaired) electrons. The maximum absolute atomic E-state index is 12.8. The van der Waals surface area contributed by atoms with Gasteiger partial charge in [-0.2, -0.15) is 4.31 Å². The smallest absolute Gasteiger partial charge is 0.207 e. The Hall–Kier alpha value is -0.000000000000000167. The number of alkyl halides is 1. The van der Waals surface area contributed by atoms with Crippen LogP contribution in [0, 0.1) is 0 Å². The molecule has 3 nitrogen and oxygen atoms in total. The van der Waals surface area contributed by atoms with E-state index in [0.29, 0.717) is 17.1 Å². The van der Waals surface area contributed by atoms with E-state index >= 15 is 0 Å². The van der Waals surface area contributed by atoms with Gasteiger partial charge in [-0.05, 0) is 31.4 Å². The van der Waals surface area contributed by atoms with Crippen LogP contribution in [-0.4, -0.2) is 25.3 Å². The first kappa shape index (κ1) is 16.4. The lowest BCUT2D eigenvalue weighted by atomic mass is 10.2. The van der Waals surface area contributed by atoms with Crippen LogP contribution in [0.25, 0.3) is 0 Å². The summed E-state index contributed by atoms with van der Waals surface area (Å²) in [7, 11) is -3.60. The fourth-order valence-electron chi connectivity index (χ4n) is 2.56. The molecular formula is C13H16Cl3NO2S. The van der Waals surface area contributed by atoms with Crippen LogP contribution in [-0.2, 0) is 15.9 Å². The minimum absolute atomic E-state index is 0.0474. The summed E-state index contributed by atoms with van der Waals surface area (Å²) >= 11 is 18.0. The highest BCUT2D eigenvalue weighted by atomic mass is 35.5. The largest absolute Gasteiger partial charge is 0.244 e. The van der Waals surface area contributed by atoms with Crippen molar-refractivity contribution in [1.29, 1.82) is 0 Å². The quantitative estimate of drug-likeness (QED) is 0.754. The standard InChI is InChI=1S/C13H16Cl3NO2S/c1-2-9-4-3-7-17(9)20(18,19)12-6-5-11(15)10(8-14)13(12)16/h5-6,9H,2-4,7-8H2,1H3. The van der Waals surface area contributed by atoms with Gasteiger partial charge in [-0.1, -0.05) is 30.1 Å². The van der Waals surface area contributed by atoms with E-state index in [2.05, 4.69) is 0 Å². The van der Waals surface area contributed by atoms with Gasteiger partial charge < -0.3 is 0 Å². The van der Waals surface area contributed by atoms with Gasteiger partial charge >= 0.3 is 0 Å². The third-order valence-electron chi connectivity index (χ3n) is 3.67. The summed E-state index contributed by atoms with van der Waals surface area (Å²) in [6, 6.07) is 3.04. The lowest BCUT2D eigenvalue weighted by Gasteiger charge is -2.24. The number of nitrogens with zero attached hydrogens (tertiary/aromatic N) is 1. The van der Waals surface area contributed by atoms with E-state index in [9.17, 15) is 8.42 Å². The zero-order valence-electron chi connectivity index (χ0n) is 11.1. The van der Waals surface area contributed by atoms with Gasteiger partial charge in [0.25, 0.3) is 0 Å². The highest BCUT2D eigenvalue weighted by Gasteiger charge is 2.35. The minimum atomic E-state index is -3.60. The van der Waals surface area contributed by atoms with Crippen molar-refractivity contribution in [2.75, 3.05) is 6.54 Å². The first-order chi connectivity index (χ1) is 9.43. The van der Waals surface area contributed by atoms with E-state index in [1.807, 2.05) is 6.92 Å². The van der Waals surface area contributed by atoms with Gasteiger partial charge in [0.05, 0.1) is 10.9 Å². The highest BCUT2D eigenvalue weighted by Crippen LogP contribution is 2.36. The summed E-state index contributed by atoms with van der Waals surface area (Å²) in [6.07, 6.45) is 2.57. The molecule has 0 aliphatic carbocycles. The molecule has 1 atom stereocenters. The van der Waals surface area contributed by atoms with Gasteiger partial charge in [0.1, 0.15) is 4.90 Å². The molecule has 0 aromatic heterocycles. The number of sulfonamides is 1. The molecule has 1 fully saturated rings. The normalized spacial score (nSPS) is 20.5. The molecule has 2 rings (SSSR count). The second-order valence-electron chi connectivity index (χ2n) is 4.79. The summed E-state index contributed by atoms with van der Waals surface area (Å²) in [6.45, 7) is 2.53. The number of halogens is 3. The molecule has 112 valence electrons. The molecule has 0 bridgehead atoms. The van der Waals surface area contributed by atoms with Crippen molar-refractivity contribution in [3.8, 4) is 0 Å². The van der Waals surface area contributed by atoms with Crippen molar-refractivity contribution >= 4 is 44.8 Å². The van der Waals surface area contributed by atoms with Crippen LogP contribution >= 0.6 is 34.8 Å². The maximum Gasteiger partial charge on any atom is 0.244 e. The molecule has 7 heteroatoms. The fraction of sp³-hybridized carbons (Fsp3) is 0.538. The van der Waals surface area contributed by atoms with Crippen LogP contribution in [0.1, 0.15) is 31.7 Å². The molecule has 1 aliphatic heterocycles. The molecule has 1 heterocycles. The van der Waals surface area contributed by atoms with E-state index in [0.717, 1.165) is 19.3 Å². The number of benzene rings is 1. The average molecular weight is 357 g/mol. The van der Waals surface area contributed by atoms with Crippen molar-refractivity contribution in [2.45, 2.75) is 43.0 Å². The third-order valence-corrected chi connectivity index (χ3v) is 6.82. The Morgan fingerprint density at radius 2 is 2.05 bits per heavy atom. The summed E-state index contributed by atoms with van der Waals surface area (Å²) in [5.74, 6) is 0.0816. The maximum atomic E-state index is 12.8. The molecule has 20 heavy (non-hydrogen) atoms. The lowest BCUT2D eigenvalue weighted by Crippen LogP contribution is -2.35. The Morgan fingerprint density at radius 1 is 1.35 bits per heavy atom. The molecule has 1 aromatic carbocycles. The van der Waals surface area contributed by atoms with E-state index in [1.54, 1.807) is 4.31 Å². The van der Waals surface area contributed by atoms with Crippen LogP contribution < -0.4 is 0 Å². The number of hydrogen-bond donors (Lipinski definition) is 0. The molecule has 1 unspecified atom stereocenters. The SMILES string of the molecule is CCC1CCCN1S(=O)(=O)c1ccc(Cl)c(CCl)c1Cl. The number of rotatable bonds is 4. The predicted octanol–water partition coefficient (Wildman–Crippen LogP) is 4.30. The van der Waals surface area contributed by atoms with Gasteiger partial charge in [-0.25, -0.2) is 8.42 Å². The van der Waals surface area contributed by atoms with E-state index < -0.39 is 10.0 Å². The van der Waals surface area contributed by atoms with Crippen LogP contribution in [0.3, 0.4) is 0 Å². The van der Waals surface area contributed by atoms with Gasteiger partial charge in [0.2, 0.25) is 10.0 Å². The molecule has 1 aromatic rings. The Kier molecular flexibility index (Phi) is 5.24. The van der Waals surface area contributed by atoms with Crippen molar-refractivity contribution in [3.05, 3.63) is 27.7 Å². The van der Waals surface area contributed by atoms with Gasteiger partial charge in [0, 0.05) is 23.2 Å². The van der Waals surface area contributed by atoms with Crippen LogP contribution in [0.15, 0.2) is 17.0 Å². The van der Waals surface area contributed by atoms with E-state index in [-0.39, 0.29) is 21.8 Å². The van der Waals surface area contributed by atoms with Gasteiger partial charge in [-0.3, -0.25) is 0 Å². The second-order valence-corrected chi connectivity index (χ2v) is 7.70. The average Bonchev–Trinajstić information content (AvgIpc) is 2.88. The second kappa shape index (κ2) is 6.41. The molecule has 0 amide bonds. The van der Waals surface area contributed by atoms with Crippen molar-refractivity contribution < 1.29 is 8.42 Å². The Bertz CT molecular complexity index is 604.